The molecular weight excluding hydrogens is 334 g/mol. The maximum Gasteiger partial charge on any atom is 0.407 e. The van der Waals surface area contributed by atoms with Gasteiger partial charge in [0.15, 0.2) is 6.10 Å². The van der Waals surface area contributed by atoms with Crippen molar-refractivity contribution in [3.63, 3.8) is 0 Å². The Labute approximate surface area is 154 Å². The van der Waals surface area contributed by atoms with E-state index in [1.54, 1.807) is 20.8 Å². The topological polar surface area (TPSA) is 84.9 Å². The highest BCUT2D eigenvalue weighted by Gasteiger charge is 2.35. The number of amides is 1. The third-order valence-corrected chi connectivity index (χ3v) is 4.40. The van der Waals surface area contributed by atoms with Crippen LogP contribution in [0.25, 0.3) is 0 Å². The van der Waals surface area contributed by atoms with E-state index in [1.807, 2.05) is 30.3 Å². The molecule has 1 saturated carbocycles. The molecule has 1 aliphatic rings. The first-order chi connectivity index (χ1) is 12.2. The van der Waals surface area contributed by atoms with Crippen LogP contribution in [0.1, 0.15) is 52.0 Å². The highest BCUT2D eigenvalue weighted by atomic mass is 16.6. The fourth-order valence-electron chi connectivity index (χ4n) is 2.92. The lowest BCUT2D eigenvalue weighted by atomic mass is 9.80. The van der Waals surface area contributed by atoms with Gasteiger partial charge in [0.2, 0.25) is 0 Å². The second kappa shape index (κ2) is 9.03. The first-order valence-corrected chi connectivity index (χ1v) is 9.12. The number of hydrogen-bond acceptors (Lipinski definition) is 4. The zero-order valence-corrected chi connectivity index (χ0v) is 15.7. The Morgan fingerprint density at radius 3 is 2.38 bits per heavy atom. The zero-order valence-electron chi connectivity index (χ0n) is 15.7. The second-order valence-electron chi connectivity index (χ2n) is 7.84. The Kier molecular flexibility index (Phi) is 7.03. The molecular formula is C20H29NO5. The summed E-state index contributed by atoms with van der Waals surface area (Å²) in [6, 6.07) is 8.76. The second-order valence-corrected chi connectivity index (χ2v) is 7.84. The van der Waals surface area contributed by atoms with Crippen molar-refractivity contribution in [1.82, 2.24) is 5.32 Å². The SMILES string of the molecule is CC(C)(C)OC(=O)NC(CC1CCC1)C(OCc1ccccc1)C(=O)O. The van der Waals surface area contributed by atoms with Crippen LogP contribution >= 0.6 is 0 Å². The number of carboxylic acids is 1. The van der Waals surface area contributed by atoms with Gasteiger partial charge < -0.3 is 19.9 Å². The van der Waals surface area contributed by atoms with Crippen LogP contribution in [0.15, 0.2) is 30.3 Å². The third kappa shape index (κ3) is 6.67. The molecule has 2 rings (SSSR count). The van der Waals surface area contributed by atoms with E-state index in [1.165, 1.54) is 0 Å². The summed E-state index contributed by atoms with van der Waals surface area (Å²) in [6.45, 7) is 5.49. The van der Waals surface area contributed by atoms with E-state index in [4.69, 9.17) is 9.47 Å². The number of hydrogen-bond donors (Lipinski definition) is 2. The number of nitrogens with one attached hydrogen (secondary N) is 1. The highest BCUT2D eigenvalue weighted by Crippen LogP contribution is 2.31. The number of carboxylic acid groups (broad SMARTS) is 1. The Morgan fingerprint density at radius 2 is 1.88 bits per heavy atom. The lowest BCUT2D eigenvalue weighted by Gasteiger charge is -2.33. The minimum absolute atomic E-state index is 0.176. The van der Waals surface area contributed by atoms with Gasteiger partial charge in [0, 0.05) is 0 Å². The Morgan fingerprint density at radius 1 is 1.23 bits per heavy atom. The van der Waals surface area contributed by atoms with Crippen LogP contribution < -0.4 is 5.32 Å². The maximum absolute atomic E-state index is 12.2. The molecule has 1 aliphatic carbocycles. The molecule has 0 saturated heterocycles. The molecule has 0 radical (unpaired) electrons. The number of carbonyl (C=O) groups excluding carboxylic acids is 1. The first-order valence-electron chi connectivity index (χ1n) is 9.12. The summed E-state index contributed by atoms with van der Waals surface area (Å²) < 4.78 is 11.0. The maximum atomic E-state index is 12.2. The number of benzene rings is 1. The molecule has 144 valence electrons. The lowest BCUT2D eigenvalue weighted by molar-refractivity contribution is -0.153. The van der Waals surface area contributed by atoms with Crippen LogP contribution in [-0.4, -0.2) is 34.9 Å². The van der Waals surface area contributed by atoms with Crippen LogP contribution in [0, 0.1) is 5.92 Å². The van der Waals surface area contributed by atoms with E-state index in [2.05, 4.69) is 5.32 Å². The van der Waals surface area contributed by atoms with Gasteiger partial charge in [-0.05, 0) is 38.7 Å². The van der Waals surface area contributed by atoms with Crippen molar-refractivity contribution < 1.29 is 24.2 Å². The van der Waals surface area contributed by atoms with Gasteiger partial charge in [0.1, 0.15) is 5.60 Å². The van der Waals surface area contributed by atoms with E-state index in [0.29, 0.717) is 12.3 Å². The molecule has 1 fully saturated rings. The van der Waals surface area contributed by atoms with Crippen molar-refractivity contribution in [3.8, 4) is 0 Å². The van der Waals surface area contributed by atoms with Crippen molar-refractivity contribution in [2.24, 2.45) is 5.92 Å². The predicted molar refractivity (Wildman–Crippen MR) is 97.8 cm³/mol. The van der Waals surface area contributed by atoms with Gasteiger partial charge in [0.25, 0.3) is 0 Å². The van der Waals surface area contributed by atoms with Crippen molar-refractivity contribution in [2.45, 2.75) is 70.8 Å². The zero-order chi connectivity index (χ0) is 19.2. The molecule has 2 unspecified atom stereocenters. The largest absolute Gasteiger partial charge is 0.479 e. The minimum Gasteiger partial charge on any atom is -0.479 e. The standard InChI is InChI=1S/C20H29NO5/c1-20(2,3)26-19(24)21-16(12-14-10-7-11-14)17(18(22)23)25-13-15-8-5-4-6-9-15/h4-6,8-9,14,16-17H,7,10-13H2,1-3H3,(H,21,24)(H,22,23). The average molecular weight is 363 g/mol. The monoisotopic (exact) mass is 363 g/mol. The fourth-order valence-corrected chi connectivity index (χ4v) is 2.92. The van der Waals surface area contributed by atoms with Crippen LogP contribution in [0.4, 0.5) is 4.79 Å². The third-order valence-electron chi connectivity index (χ3n) is 4.40. The molecule has 6 heteroatoms. The van der Waals surface area contributed by atoms with E-state index in [9.17, 15) is 14.7 Å². The molecule has 1 amide bonds. The molecule has 0 aliphatic heterocycles. The normalized spacial score (nSPS) is 17.0. The lowest BCUT2D eigenvalue weighted by Crippen LogP contribution is -2.50. The van der Waals surface area contributed by atoms with Gasteiger partial charge in [-0.2, -0.15) is 0 Å². The van der Waals surface area contributed by atoms with E-state index < -0.39 is 29.8 Å². The van der Waals surface area contributed by atoms with Gasteiger partial charge >= 0.3 is 12.1 Å². The van der Waals surface area contributed by atoms with Gasteiger partial charge in [-0.3, -0.25) is 0 Å². The molecule has 0 aromatic heterocycles. The molecule has 26 heavy (non-hydrogen) atoms. The summed E-state index contributed by atoms with van der Waals surface area (Å²) in [7, 11) is 0. The van der Waals surface area contributed by atoms with E-state index >= 15 is 0 Å². The van der Waals surface area contributed by atoms with Gasteiger partial charge in [-0.25, -0.2) is 9.59 Å². The van der Waals surface area contributed by atoms with Crippen molar-refractivity contribution in [2.75, 3.05) is 0 Å². The molecule has 2 N–H and O–H groups in total. The summed E-state index contributed by atoms with van der Waals surface area (Å²) in [5.74, 6) is -0.668. The highest BCUT2D eigenvalue weighted by molar-refractivity contribution is 5.75. The van der Waals surface area contributed by atoms with Crippen molar-refractivity contribution in [1.29, 1.82) is 0 Å². The van der Waals surface area contributed by atoms with Crippen LogP contribution in [-0.2, 0) is 20.9 Å². The summed E-state index contributed by atoms with van der Waals surface area (Å²) in [5.41, 5.74) is 0.243. The number of aliphatic carboxylic acids is 1. The Hall–Kier alpha value is -2.08. The number of carbonyl (C=O) groups is 2. The molecule has 0 heterocycles. The number of alkyl carbamates (subject to hydrolysis) is 1. The number of ether oxygens (including phenoxy) is 2. The molecule has 0 bridgehead atoms. The molecule has 1 aromatic rings. The molecule has 6 nitrogen and oxygen atoms in total. The molecule has 1 aromatic carbocycles. The minimum atomic E-state index is -1.12. The summed E-state index contributed by atoms with van der Waals surface area (Å²) >= 11 is 0. The van der Waals surface area contributed by atoms with Crippen LogP contribution in [0.3, 0.4) is 0 Å². The smallest absolute Gasteiger partial charge is 0.407 e. The van der Waals surface area contributed by atoms with Crippen molar-refractivity contribution in [3.05, 3.63) is 35.9 Å². The summed E-state index contributed by atoms with van der Waals surface area (Å²) in [5, 5.41) is 12.4. The van der Waals surface area contributed by atoms with Gasteiger partial charge in [0.05, 0.1) is 12.6 Å². The fraction of sp³-hybridized carbons (Fsp3) is 0.600. The Balaban J connectivity index is 2.04. The summed E-state index contributed by atoms with van der Waals surface area (Å²) in [4.78, 5) is 24.0. The van der Waals surface area contributed by atoms with Crippen LogP contribution in [0.5, 0.6) is 0 Å². The van der Waals surface area contributed by atoms with E-state index in [0.717, 1.165) is 24.8 Å². The Bertz CT molecular complexity index is 592. The molecule has 2 atom stereocenters. The van der Waals surface area contributed by atoms with Crippen molar-refractivity contribution >= 4 is 12.1 Å². The average Bonchev–Trinajstić information content (AvgIpc) is 2.49. The van der Waals surface area contributed by atoms with E-state index in [-0.39, 0.29) is 6.61 Å². The molecule has 0 spiro atoms. The summed E-state index contributed by atoms with van der Waals surface area (Å²) in [6.07, 6.45) is 2.09. The van der Waals surface area contributed by atoms with Crippen LogP contribution in [0.2, 0.25) is 0 Å². The first kappa shape index (κ1) is 20.2. The predicted octanol–water partition coefficient (Wildman–Crippen LogP) is 3.74. The quantitative estimate of drug-likeness (QED) is 0.735. The van der Waals surface area contributed by atoms with Gasteiger partial charge in [-0.15, -0.1) is 0 Å². The van der Waals surface area contributed by atoms with Gasteiger partial charge in [-0.1, -0.05) is 49.6 Å². The number of rotatable bonds is 8.